The minimum absolute atomic E-state index is 0.00144. The van der Waals surface area contributed by atoms with Gasteiger partial charge in [-0.15, -0.1) is 11.3 Å². The van der Waals surface area contributed by atoms with E-state index in [4.69, 9.17) is 4.74 Å². The molecule has 0 fully saturated rings. The third kappa shape index (κ3) is 5.40. The van der Waals surface area contributed by atoms with E-state index in [1.54, 1.807) is 23.5 Å². The van der Waals surface area contributed by atoms with Crippen LogP contribution < -0.4 is 15.4 Å². The second-order valence-corrected chi connectivity index (χ2v) is 7.71. The van der Waals surface area contributed by atoms with Gasteiger partial charge in [-0.1, -0.05) is 19.9 Å². The van der Waals surface area contributed by atoms with E-state index in [2.05, 4.69) is 29.5 Å². The second-order valence-electron chi connectivity index (χ2n) is 6.65. The predicted octanol–water partition coefficient (Wildman–Crippen LogP) is 4.12. The maximum atomic E-state index is 13.1. The molecule has 1 heterocycles. The highest BCUT2D eigenvalue weighted by Gasteiger charge is 2.11. The van der Waals surface area contributed by atoms with E-state index in [9.17, 15) is 14.3 Å². The van der Waals surface area contributed by atoms with Crippen LogP contribution in [0.1, 0.15) is 24.8 Å². The van der Waals surface area contributed by atoms with E-state index < -0.39 is 18.0 Å². The van der Waals surface area contributed by atoms with Crippen LogP contribution in [-0.2, 0) is 0 Å². The number of halogens is 1. The lowest BCUT2D eigenvalue weighted by Crippen LogP contribution is -2.37. The molecule has 0 spiro atoms. The van der Waals surface area contributed by atoms with Gasteiger partial charge in [-0.25, -0.2) is 14.2 Å². The fraction of sp³-hybridized carbons (Fsp3) is 0.300. The van der Waals surface area contributed by atoms with E-state index in [-0.39, 0.29) is 13.2 Å². The van der Waals surface area contributed by atoms with Crippen LogP contribution in [0.15, 0.2) is 42.5 Å². The average Bonchev–Trinajstić information content (AvgIpc) is 3.08. The van der Waals surface area contributed by atoms with Crippen molar-refractivity contribution in [2.75, 3.05) is 18.5 Å². The molecule has 0 saturated heterocycles. The van der Waals surface area contributed by atoms with Gasteiger partial charge >= 0.3 is 6.03 Å². The summed E-state index contributed by atoms with van der Waals surface area (Å²) in [4.78, 5) is 16.6. The summed E-state index contributed by atoms with van der Waals surface area (Å²) in [6, 6.07) is 10.8. The van der Waals surface area contributed by atoms with Crippen molar-refractivity contribution in [2.24, 2.45) is 0 Å². The highest BCUT2D eigenvalue weighted by Crippen LogP contribution is 2.29. The Hall–Kier alpha value is -2.71. The normalized spacial score (nSPS) is 12.2. The van der Waals surface area contributed by atoms with Gasteiger partial charge in [0.1, 0.15) is 24.3 Å². The van der Waals surface area contributed by atoms with Crippen LogP contribution in [0.2, 0.25) is 0 Å². The summed E-state index contributed by atoms with van der Waals surface area (Å²) in [5, 5.41) is 16.3. The minimum Gasteiger partial charge on any atom is -0.491 e. The van der Waals surface area contributed by atoms with Crippen LogP contribution in [0.25, 0.3) is 10.2 Å². The Morgan fingerprint density at radius 1 is 1.29 bits per heavy atom. The Bertz CT molecular complexity index is 961. The van der Waals surface area contributed by atoms with Crippen LogP contribution in [-0.4, -0.2) is 35.4 Å². The lowest BCUT2D eigenvalue weighted by molar-refractivity contribution is 0.108. The topological polar surface area (TPSA) is 83.5 Å². The van der Waals surface area contributed by atoms with E-state index >= 15 is 0 Å². The van der Waals surface area contributed by atoms with E-state index in [0.29, 0.717) is 17.4 Å². The van der Waals surface area contributed by atoms with E-state index in [0.717, 1.165) is 15.2 Å². The molecule has 148 valence electrons. The highest BCUT2D eigenvalue weighted by molar-refractivity contribution is 7.18. The van der Waals surface area contributed by atoms with Crippen LogP contribution >= 0.6 is 11.3 Å². The van der Waals surface area contributed by atoms with Gasteiger partial charge in [0.25, 0.3) is 0 Å². The Labute approximate surface area is 166 Å². The Kier molecular flexibility index (Phi) is 6.43. The molecule has 8 heteroatoms. The maximum absolute atomic E-state index is 13.1. The van der Waals surface area contributed by atoms with Crippen LogP contribution in [0.3, 0.4) is 0 Å². The molecule has 2 aromatic carbocycles. The monoisotopic (exact) mass is 403 g/mol. The molecule has 1 unspecified atom stereocenters. The summed E-state index contributed by atoms with van der Waals surface area (Å²) in [6.45, 7) is 4.12. The number of nitrogens with one attached hydrogen (secondary N) is 2. The standard InChI is InChI=1S/C20H22FN3O3S/c1-12(2)19-24-17-7-6-14(9-18(17)28-19)23-20(26)22-10-15(25)11-27-16-5-3-4-13(21)8-16/h3-9,12,15,25H,10-11H2,1-2H3,(H2,22,23,26). The average molecular weight is 403 g/mol. The number of aliphatic hydroxyl groups is 1. The molecular weight excluding hydrogens is 381 g/mol. The number of fused-ring (bicyclic) bond motifs is 1. The largest absolute Gasteiger partial charge is 0.491 e. The fourth-order valence-electron chi connectivity index (χ4n) is 2.46. The first-order chi connectivity index (χ1) is 13.4. The summed E-state index contributed by atoms with van der Waals surface area (Å²) in [7, 11) is 0. The lowest BCUT2D eigenvalue weighted by Gasteiger charge is -2.14. The maximum Gasteiger partial charge on any atom is 0.319 e. The number of hydrogen-bond acceptors (Lipinski definition) is 5. The number of carbonyl (C=O) groups excluding carboxylic acids is 1. The van der Waals surface area contributed by atoms with Crippen molar-refractivity contribution in [3.63, 3.8) is 0 Å². The summed E-state index contributed by atoms with van der Waals surface area (Å²) < 4.78 is 19.4. The van der Waals surface area contributed by atoms with Crippen LogP contribution in [0.5, 0.6) is 5.75 Å². The second kappa shape index (κ2) is 8.99. The molecule has 0 saturated carbocycles. The number of benzene rings is 2. The Morgan fingerprint density at radius 2 is 2.11 bits per heavy atom. The summed E-state index contributed by atoms with van der Waals surface area (Å²) in [5.74, 6) is 0.262. The lowest BCUT2D eigenvalue weighted by atomic mass is 10.2. The Balaban J connectivity index is 1.47. The Morgan fingerprint density at radius 3 is 2.86 bits per heavy atom. The number of carbonyl (C=O) groups is 1. The van der Waals surface area contributed by atoms with Crippen molar-refractivity contribution in [1.29, 1.82) is 0 Å². The van der Waals surface area contributed by atoms with Crippen LogP contribution in [0, 0.1) is 5.82 Å². The highest BCUT2D eigenvalue weighted by atomic mass is 32.1. The van der Waals surface area contributed by atoms with Crippen molar-refractivity contribution in [3.8, 4) is 5.75 Å². The molecule has 0 radical (unpaired) electrons. The van der Waals surface area contributed by atoms with Gasteiger partial charge in [0, 0.05) is 24.2 Å². The van der Waals surface area contributed by atoms with Crippen molar-refractivity contribution >= 4 is 33.3 Å². The molecule has 6 nitrogen and oxygen atoms in total. The molecule has 0 aliphatic rings. The first kappa shape index (κ1) is 20.0. The number of rotatable bonds is 7. The molecule has 2 amide bonds. The van der Waals surface area contributed by atoms with Gasteiger partial charge in [0.2, 0.25) is 0 Å². The summed E-state index contributed by atoms with van der Waals surface area (Å²) in [6.07, 6.45) is -0.924. The summed E-state index contributed by atoms with van der Waals surface area (Å²) >= 11 is 1.60. The van der Waals surface area contributed by atoms with Gasteiger partial charge in [-0.2, -0.15) is 0 Å². The third-order valence-corrected chi connectivity index (χ3v) is 5.21. The molecule has 1 aromatic heterocycles. The van der Waals surface area contributed by atoms with E-state index in [1.165, 1.54) is 18.2 Å². The van der Waals surface area contributed by atoms with Crippen molar-refractivity contribution in [2.45, 2.75) is 25.9 Å². The molecule has 3 rings (SSSR count). The molecule has 28 heavy (non-hydrogen) atoms. The number of nitrogens with zero attached hydrogens (tertiary/aromatic N) is 1. The quantitative estimate of drug-likeness (QED) is 0.554. The number of hydrogen-bond donors (Lipinski definition) is 3. The smallest absolute Gasteiger partial charge is 0.319 e. The molecule has 0 aliphatic carbocycles. The van der Waals surface area contributed by atoms with Crippen molar-refractivity contribution < 1.29 is 19.0 Å². The van der Waals surface area contributed by atoms with Gasteiger partial charge < -0.3 is 20.5 Å². The molecule has 0 aliphatic heterocycles. The molecule has 1 atom stereocenters. The minimum atomic E-state index is -0.924. The fourth-order valence-corrected chi connectivity index (χ4v) is 3.47. The third-order valence-electron chi connectivity index (χ3n) is 3.89. The van der Waals surface area contributed by atoms with Crippen LogP contribution in [0.4, 0.5) is 14.9 Å². The van der Waals surface area contributed by atoms with E-state index in [1.807, 2.05) is 12.1 Å². The van der Waals surface area contributed by atoms with Crippen molar-refractivity contribution in [1.82, 2.24) is 10.3 Å². The zero-order valence-corrected chi connectivity index (χ0v) is 16.4. The van der Waals surface area contributed by atoms with Crippen molar-refractivity contribution in [3.05, 3.63) is 53.3 Å². The predicted molar refractivity (Wildman–Crippen MR) is 109 cm³/mol. The number of anilines is 1. The summed E-state index contributed by atoms with van der Waals surface area (Å²) in [5.41, 5.74) is 1.55. The van der Waals surface area contributed by atoms with Gasteiger partial charge in [-0.3, -0.25) is 0 Å². The number of aliphatic hydroxyl groups excluding tert-OH is 1. The number of thiazole rings is 1. The molecular formula is C20H22FN3O3S. The molecule has 3 N–H and O–H groups in total. The first-order valence-electron chi connectivity index (χ1n) is 8.92. The number of urea groups is 1. The van der Waals surface area contributed by atoms with Gasteiger partial charge in [-0.05, 0) is 30.3 Å². The zero-order valence-electron chi connectivity index (χ0n) is 15.6. The van der Waals surface area contributed by atoms with Gasteiger partial charge in [0.05, 0.1) is 15.2 Å². The SMILES string of the molecule is CC(C)c1nc2ccc(NC(=O)NCC(O)COc3cccc(F)c3)cc2s1. The number of amides is 2. The van der Waals surface area contributed by atoms with Gasteiger partial charge in [0.15, 0.2) is 0 Å². The molecule has 0 bridgehead atoms. The number of aromatic nitrogens is 1. The number of ether oxygens (including phenoxy) is 1. The first-order valence-corrected chi connectivity index (χ1v) is 9.74. The molecule has 3 aromatic rings. The zero-order chi connectivity index (χ0) is 20.1.